The van der Waals surface area contributed by atoms with Crippen molar-refractivity contribution in [1.82, 2.24) is 10.0 Å². The van der Waals surface area contributed by atoms with Crippen LogP contribution in [0.3, 0.4) is 0 Å². The van der Waals surface area contributed by atoms with Crippen molar-refractivity contribution in [2.45, 2.75) is 11.7 Å². The molecule has 1 aliphatic heterocycles. The average molecular weight is 259 g/mol. The first-order valence-electron chi connectivity index (χ1n) is 4.74. The largest absolute Gasteiger partial charge is 0.277 e. The fourth-order valence-corrected chi connectivity index (χ4v) is 2.14. The van der Waals surface area contributed by atoms with E-state index in [9.17, 15) is 0 Å². The maximum Gasteiger partial charge on any atom is 0.138 e. The highest BCUT2D eigenvalue weighted by Gasteiger charge is 2.32. The summed E-state index contributed by atoms with van der Waals surface area (Å²) in [5.41, 5.74) is 0.460. The van der Waals surface area contributed by atoms with Crippen LogP contribution >= 0.6 is 23.2 Å². The lowest BCUT2D eigenvalue weighted by molar-refractivity contribution is 0.0554. The van der Waals surface area contributed by atoms with Crippen molar-refractivity contribution in [1.29, 1.82) is 0 Å². The Kier molecular flexibility index (Phi) is 3.37. The summed E-state index contributed by atoms with van der Waals surface area (Å²) in [6, 6.07) is 9.58. The van der Waals surface area contributed by atoms with Gasteiger partial charge in [-0.3, -0.25) is 10.9 Å². The molecular formula is C10H12Cl2N4. The van der Waals surface area contributed by atoms with Crippen LogP contribution in [0.4, 0.5) is 0 Å². The maximum atomic E-state index is 6.03. The molecule has 2 atom stereocenters. The average Bonchev–Trinajstić information content (AvgIpc) is 2.28. The van der Waals surface area contributed by atoms with E-state index in [4.69, 9.17) is 34.9 Å². The molecule has 0 saturated heterocycles. The summed E-state index contributed by atoms with van der Waals surface area (Å²) in [6.07, 6.45) is 1.23. The van der Waals surface area contributed by atoms with E-state index in [1.807, 2.05) is 30.3 Å². The van der Waals surface area contributed by atoms with Gasteiger partial charge in [0.2, 0.25) is 0 Å². The molecule has 0 saturated carbocycles. The van der Waals surface area contributed by atoms with Gasteiger partial charge in [0.1, 0.15) is 16.8 Å². The number of halogens is 2. The van der Waals surface area contributed by atoms with Gasteiger partial charge in [-0.2, -0.15) is 5.01 Å². The second-order valence-electron chi connectivity index (χ2n) is 3.50. The second kappa shape index (κ2) is 4.61. The zero-order valence-corrected chi connectivity index (χ0v) is 9.94. The molecule has 1 aliphatic rings. The van der Waals surface area contributed by atoms with E-state index in [0.717, 1.165) is 5.56 Å². The van der Waals surface area contributed by atoms with Gasteiger partial charge in [-0.15, -0.1) is 0 Å². The fraction of sp³-hybridized carbons (Fsp3) is 0.200. The Morgan fingerprint density at radius 3 is 2.38 bits per heavy atom. The molecule has 1 aromatic rings. The van der Waals surface area contributed by atoms with Crippen molar-refractivity contribution < 1.29 is 0 Å². The third kappa shape index (κ3) is 2.03. The Bertz CT molecular complexity index is 395. The number of alkyl halides is 1. The van der Waals surface area contributed by atoms with Crippen LogP contribution in [-0.4, -0.2) is 15.5 Å². The number of rotatable bonds is 1. The van der Waals surface area contributed by atoms with Crippen LogP contribution in [-0.2, 0) is 0 Å². The van der Waals surface area contributed by atoms with E-state index in [2.05, 4.69) is 0 Å². The van der Waals surface area contributed by atoms with Crippen molar-refractivity contribution >= 4 is 23.2 Å². The van der Waals surface area contributed by atoms with E-state index in [-0.39, 0.29) is 6.17 Å². The molecule has 0 amide bonds. The van der Waals surface area contributed by atoms with Gasteiger partial charge >= 0.3 is 0 Å². The minimum atomic E-state index is -0.475. The first-order chi connectivity index (χ1) is 7.61. The fourth-order valence-electron chi connectivity index (χ4n) is 1.64. The monoisotopic (exact) mass is 258 g/mol. The Balaban J connectivity index is 2.37. The lowest BCUT2D eigenvalue weighted by Crippen LogP contribution is -2.53. The van der Waals surface area contributed by atoms with E-state index < -0.39 is 5.50 Å². The highest BCUT2D eigenvalue weighted by molar-refractivity contribution is 6.30. The normalized spacial score (nSPS) is 26.8. The minimum Gasteiger partial charge on any atom is -0.277 e. The van der Waals surface area contributed by atoms with Crippen LogP contribution in [0.15, 0.2) is 41.6 Å². The van der Waals surface area contributed by atoms with Gasteiger partial charge < -0.3 is 0 Å². The molecule has 0 spiro atoms. The third-order valence-corrected chi connectivity index (χ3v) is 3.12. The molecule has 0 radical (unpaired) electrons. The molecule has 0 bridgehead atoms. The van der Waals surface area contributed by atoms with E-state index in [1.54, 1.807) is 6.08 Å². The van der Waals surface area contributed by atoms with E-state index >= 15 is 0 Å². The van der Waals surface area contributed by atoms with Gasteiger partial charge in [0, 0.05) is 0 Å². The molecule has 0 fully saturated rings. The van der Waals surface area contributed by atoms with Crippen molar-refractivity contribution in [3.63, 3.8) is 0 Å². The van der Waals surface area contributed by atoms with Gasteiger partial charge in [-0.25, -0.2) is 5.84 Å². The lowest BCUT2D eigenvalue weighted by Gasteiger charge is -2.40. The number of hydrazine groups is 2. The van der Waals surface area contributed by atoms with Crippen LogP contribution < -0.4 is 11.7 Å². The topological polar surface area (TPSA) is 58.5 Å². The summed E-state index contributed by atoms with van der Waals surface area (Å²) < 4.78 is 0. The molecule has 1 aromatic carbocycles. The summed E-state index contributed by atoms with van der Waals surface area (Å²) in [4.78, 5) is 0. The second-order valence-corrected chi connectivity index (χ2v) is 4.34. The summed E-state index contributed by atoms with van der Waals surface area (Å²) in [7, 11) is 0. The Labute approximate surface area is 104 Å². The van der Waals surface area contributed by atoms with Crippen LogP contribution in [0.25, 0.3) is 0 Å². The van der Waals surface area contributed by atoms with E-state index in [1.165, 1.54) is 10.0 Å². The molecule has 0 aliphatic carbocycles. The van der Waals surface area contributed by atoms with Gasteiger partial charge in [0.25, 0.3) is 0 Å². The number of hydrogen-bond donors (Lipinski definition) is 2. The van der Waals surface area contributed by atoms with Crippen molar-refractivity contribution in [3.8, 4) is 0 Å². The summed E-state index contributed by atoms with van der Waals surface area (Å²) in [6.45, 7) is 0. The van der Waals surface area contributed by atoms with Crippen molar-refractivity contribution in [2.24, 2.45) is 11.7 Å². The molecule has 2 unspecified atom stereocenters. The predicted molar refractivity (Wildman–Crippen MR) is 64.8 cm³/mol. The Morgan fingerprint density at radius 1 is 1.12 bits per heavy atom. The van der Waals surface area contributed by atoms with E-state index in [0.29, 0.717) is 5.16 Å². The van der Waals surface area contributed by atoms with Crippen molar-refractivity contribution in [2.75, 3.05) is 0 Å². The molecule has 86 valence electrons. The first-order valence-corrected chi connectivity index (χ1v) is 5.56. The molecule has 1 heterocycles. The summed E-state index contributed by atoms with van der Waals surface area (Å²) in [5, 5.41) is 3.22. The van der Waals surface area contributed by atoms with Gasteiger partial charge in [0.15, 0.2) is 0 Å². The molecule has 0 aromatic heterocycles. The molecule has 4 N–H and O–H groups in total. The first kappa shape index (κ1) is 11.7. The number of nitrogens with two attached hydrogens (primary N) is 2. The van der Waals surface area contributed by atoms with Gasteiger partial charge in [-0.05, 0) is 11.6 Å². The molecule has 16 heavy (non-hydrogen) atoms. The highest BCUT2D eigenvalue weighted by Crippen LogP contribution is 2.32. The molecule has 2 rings (SSSR count). The summed E-state index contributed by atoms with van der Waals surface area (Å²) in [5.74, 6) is 11.7. The van der Waals surface area contributed by atoms with Gasteiger partial charge in [-0.1, -0.05) is 53.5 Å². The van der Waals surface area contributed by atoms with Gasteiger partial charge in [0.05, 0.1) is 0 Å². The smallest absolute Gasteiger partial charge is 0.138 e. The number of hydrogen-bond acceptors (Lipinski definition) is 4. The predicted octanol–water partition coefficient (Wildman–Crippen LogP) is 1.70. The lowest BCUT2D eigenvalue weighted by atomic mass is 10.1. The number of benzene rings is 1. The molecular weight excluding hydrogens is 247 g/mol. The van der Waals surface area contributed by atoms with Crippen LogP contribution in [0.2, 0.25) is 0 Å². The molecule has 6 heteroatoms. The standard InChI is InChI=1S/C10H12Cl2N4/c11-8-6-9(12)16(14)10(15(8)13)7-4-2-1-3-5-7/h1-6,8,10H,13-14H2. The SMILES string of the molecule is NN1C(Cl)=CC(Cl)N(N)C1c1ccccc1. The zero-order valence-electron chi connectivity index (χ0n) is 8.42. The quantitative estimate of drug-likeness (QED) is 0.458. The van der Waals surface area contributed by atoms with Crippen LogP contribution in [0.1, 0.15) is 11.7 Å². The van der Waals surface area contributed by atoms with Crippen molar-refractivity contribution in [3.05, 3.63) is 47.1 Å². The maximum absolute atomic E-state index is 6.03. The Hall–Kier alpha value is -0.780. The highest BCUT2D eigenvalue weighted by atomic mass is 35.5. The molecule has 4 nitrogen and oxygen atoms in total. The van der Waals surface area contributed by atoms with Crippen LogP contribution in [0.5, 0.6) is 0 Å². The minimum absolute atomic E-state index is 0.360. The zero-order chi connectivity index (χ0) is 11.7. The third-order valence-electron chi connectivity index (χ3n) is 2.45. The Morgan fingerprint density at radius 2 is 1.75 bits per heavy atom. The number of nitrogens with zero attached hydrogens (tertiary/aromatic N) is 2. The van der Waals surface area contributed by atoms with Crippen LogP contribution in [0, 0.1) is 0 Å². The summed E-state index contributed by atoms with van der Waals surface area (Å²) >= 11 is 12.0.